The third-order valence-electron chi connectivity index (χ3n) is 3.38. The Labute approximate surface area is 114 Å². The van der Waals surface area contributed by atoms with Crippen molar-refractivity contribution in [1.82, 2.24) is 4.90 Å². The number of aliphatic carboxylic acids is 1. The van der Waals surface area contributed by atoms with Gasteiger partial charge < -0.3 is 10.0 Å². The van der Waals surface area contributed by atoms with Crippen LogP contribution in [0, 0.1) is 13.8 Å². The first-order valence-electron chi connectivity index (χ1n) is 6.41. The molecule has 0 radical (unpaired) electrons. The van der Waals surface area contributed by atoms with Crippen molar-refractivity contribution < 1.29 is 14.7 Å². The highest BCUT2D eigenvalue weighted by molar-refractivity contribution is 5.84. The van der Waals surface area contributed by atoms with Crippen molar-refractivity contribution in [2.24, 2.45) is 0 Å². The van der Waals surface area contributed by atoms with Crippen molar-refractivity contribution in [2.75, 3.05) is 7.05 Å². The van der Waals surface area contributed by atoms with Crippen LogP contribution in [0.15, 0.2) is 18.2 Å². The number of carbonyl (C=O) groups is 2. The summed E-state index contributed by atoms with van der Waals surface area (Å²) in [4.78, 5) is 24.5. The van der Waals surface area contributed by atoms with Crippen LogP contribution in [-0.4, -0.2) is 35.0 Å². The Balaban J connectivity index is 2.84. The van der Waals surface area contributed by atoms with Gasteiger partial charge in [-0.3, -0.25) is 4.79 Å². The largest absolute Gasteiger partial charge is 0.480 e. The van der Waals surface area contributed by atoms with E-state index in [1.54, 1.807) is 14.0 Å². The molecule has 1 aromatic carbocycles. The van der Waals surface area contributed by atoms with Crippen molar-refractivity contribution in [1.29, 1.82) is 0 Å². The van der Waals surface area contributed by atoms with Crippen LogP contribution in [0.2, 0.25) is 0 Å². The molecule has 0 saturated carbocycles. The Morgan fingerprint density at radius 1 is 1.32 bits per heavy atom. The summed E-state index contributed by atoms with van der Waals surface area (Å²) in [5.41, 5.74) is 3.11. The lowest BCUT2D eigenvalue weighted by atomic mass is 10.0. The second kappa shape index (κ2) is 6.36. The maximum absolute atomic E-state index is 12.1. The van der Waals surface area contributed by atoms with E-state index in [9.17, 15) is 9.59 Å². The summed E-state index contributed by atoms with van der Waals surface area (Å²) in [5.74, 6) is -1.12. The molecule has 1 N–H and O–H groups in total. The zero-order valence-corrected chi connectivity index (χ0v) is 11.9. The van der Waals surface area contributed by atoms with Crippen molar-refractivity contribution in [2.45, 2.75) is 39.7 Å². The molecular formula is C15H21NO3. The molecule has 0 heterocycles. The van der Waals surface area contributed by atoms with Crippen molar-refractivity contribution in [3.05, 3.63) is 34.9 Å². The Hall–Kier alpha value is -1.84. The standard InChI is InChI=1S/C15H21NO3/c1-5-13(15(18)19)16(4)14(17)9-12-8-10(2)6-7-11(12)3/h6-8,13H,5,9H2,1-4H3,(H,18,19). The monoisotopic (exact) mass is 263 g/mol. The zero-order chi connectivity index (χ0) is 14.6. The summed E-state index contributed by atoms with van der Waals surface area (Å²) in [5, 5.41) is 9.06. The van der Waals surface area contributed by atoms with Crippen LogP contribution in [0.4, 0.5) is 0 Å². The molecular weight excluding hydrogens is 242 g/mol. The molecule has 1 unspecified atom stereocenters. The third-order valence-corrected chi connectivity index (χ3v) is 3.38. The van der Waals surface area contributed by atoms with Gasteiger partial charge in [0.15, 0.2) is 0 Å². The highest BCUT2D eigenvalue weighted by Crippen LogP contribution is 2.13. The number of carboxylic acids is 1. The van der Waals surface area contributed by atoms with Crippen LogP contribution in [0.3, 0.4) is 0 Å². The van der Waals surface area contributed by atoms with Crippen LogP contribution in [0.25, 0.3) is 0 Å². The highest BCUT2D eigenvalue weighted by atomic mass is 16.4. The molecule has 0 aliphatic heterocycles. The van der Waals surface area contributed by atoms with Crippen LogP contribution in [0.5, 0.6) is 0 Å². The maximum atomic E-state index is 12.1. The topological polar surface area (TPSA) is 57.6 Å². The number of rotatable bonds is 5. The first-order chi connectivity index (χ1) is 8.86. The minimum atomic E-state index is -0.959. The van der Waals surface area contributed by atoms with Gasteiger partial charge in [-0.25, -0.2) is 4.79 Å². The van der Waals surface area contributed by atoms with E-state index < -0.39 is 12.0 Å². The van der Waals surface area contributed by atoms with E-state index in [0.29, 0.717) is 6.42 Å². The molecule has 0 bridgehead atoms. The van der Waals surface area contributed by atoms with Crippen molar-refractivity contribution in [3.63, 3.8) is 0 Å². The minimum absolute atomic E-state index is 0.164. The lowest BCUT2D eigenvalue weighted by molar-refractivity contribution is -0.148. The van der Waals surface area contributed by atoms with Gasteiger partial charge in [-0.05, 0) is 31.4 Å². The number of amides is 1. The Morgan fingerprint density at radius 2 is 1.95 bits per heavy atom. The molecule has 1 aromatic rings. The van der Waals surface area contributed by atoms with E-state index >= 15 is 0 Å². The van der Waals surface area contributed by atoms with E-state index in [2.05, 4.69) is 0 Å². The molecule has 1 atom stereocenters. The number of hydrogen-bond donors (Lipinski definition) is 1. The van der Waals surface area contributed by atoms with Gasteiger partial charge in [0.1, 0.15) is 6.04 Å². The zero-order valence-electron chi connectivity index (χ0n) is 11.9. The molecule has 19 heavy (non-hydrogen) atoms. The average molecular weight is 263 g/mol. The van der Waals surface area contributed by atoms with Crippen molar-refractivity contribution >= 4 is 11.9 Å². The molecule has 0 aliphatic carbocycles. The Morgan fingerprint density at radius 3 is 2.47 bits per heavy atom. The van der Waals surface area contributed by atoms with Crippen LogP contribution >= 0.6 is 0 Å². The molecule has 1 rings (SSSR count). The predicted octanol–water partition coefficient (Wildman–Crippen LogP) is 2.17. The molecule has 0 aromatic heterocycles. The third kappa shape index (κ3) is 3.81. The maximum Gasteiger partial charge on any atom is 0.326 e. The normalized spacial score (nSPS) is 12.0. The summed E-state index contributed by atoms with van der Waals surface area (Å²) in [6.45, 7) is 5.69. The van der Waals surface area contributed by atoms with E-state index in [4.69, 9.17) is 5.11 Å². The van der Waals surface area contributed by atoms with E-state index in [-0.39, 0.29) is 12.3 Å². The fraction of sp³-hybridized carbons (Fsp3) is 0.467. The Kier molecular flexibility index (Phi) is 5.10. The van der Waals surface area contributed by atoms with E-state index in [0.717, 1.165) is 16.7 Å². The van der Waals surface area contributed by atoms with Gasteiger partial charge in [-0.1, -0.05) is 30.7 Å². The van der Waals surface area contributed by atoms with Gasteiger partial charge in [-0.15, -0.1) is 0 Å². The molecule has 4 heteroatoms. The second-order valence-corrected chi connectivity index (χ2v) is 4.87. The SMILES string of the molecule is CCC(C(=O)O)N(C)C(=O)Cc1cc(C)ccc1C. The van der Waals surface area contributed by atoms with Gasteiger partial charge in [0.25, 0.3) is 0 Å². The Bertz CT molecular complexity index is 482. The summed E-state index contributed by atoms with van der Waals surface area (Å²) >= 11 is 0. The van der Waals surface area contributed by atoms with Gasteiger partial charge in [0.2, 0.25) is 5.91 Å². The van der Waals surface area contributed by atoms with Crippen LogP contribution in [-0.2, 0) is 16.0 Å². The number of likely N-dealkylation sites (N-methyl/N-ethyl adjacent to an activating group) is 1. The number of hydrogen-bond acceptors (Lipinski definition) is 2. The van der Waals surface area contributed by atoms with Gasteiger partial charge in [0.05, 0.1) is 6.42 Å². The number of aryl methyl sites for hydroxylation is 2. The second-order valence-electron chi connectivity index (χ2n) is 4.87. The molecule has 0 fully saturated rings. The smallest absolute Gasteiger partial charge is 0.326 e. The quantitative estimate of drug-likeness (QED) is 0.885. The molecule has 4 nitrogen and oxygen atoms in total. The molecule has 104 valence electrons. The summed E-state index contributed by atoms with van der Waals surface area (Å²) in [6, 6.07) is 5.20. The van der Waals surface area contributed by atoms with Crippen molar-refractivity contribution in [3.8, 4) is 0 Å². The summed E-state index contributed by atoms with van der Waals surface area (Å²) < 4.78 is 0. The fourth-order valence-corrected chi connectivity index (χ4v) is 2.07. The molecule has 0 aliphatic rings. The number of carbonyl (C=O) groups excluding carboxylic acids is 1. The number of nitrogens with zero attached hydrogens (tertiary/aromatic N) is 1. The number of carboxylic acid groups (broad SMARTS) is 1. The number of benzene rings is 1. The average Bonchev–Trinajstić information content (AvgIpc) is 2.34. The molecule has 1 amide bonds. The summed E-state index contributed by atoms with van der Waals surface area (Å²) in [7, 11) is 1.55. The first-order valence-corrected chi connectivity index (χ1v) is 6.41. The molecule has 0 saturated heterocycles. The lowest BCUT2D eigenvalue weighted by Gasteiger charge is -2.24. The first kappa shape index (κ1) is 15.2. The van der Waals surface area contributed by atoms with Gasteiger partial charge in [0, 0.05) is 7.05 Å². The lowest BCUT2D eigenvalue weighted by Crippen LogP contribution is -2.42. The predicted molar refractivity (Wildman–Crippen MR) is 74.1 cm³/mol. The van der Waals surface area contributed by atoms with Gasteiger partial charge >= 0.3 is 5.97 Å². The molecule has 0 spiro atoms. The van der Waals surface area contributed by atoms with Gasteiger partial charge in [-0.2, -0.15) is 0 Å². The minimum Gasteiger partial charge on any atom is -0.480 e. The van der Waals surface area contributed by atoms with E-state index in [1.807, 2.05) is 32.0 Å². The van der Waals surface area contributed by atoms with E-state index in [1.165, 1.54) is 4.90 Å². The fourth-order valence-electron chi connectivity index (χ4n) is 2.07. The summed E-state index contributed by atoms with van der Waals surface area (Å²) in [6.07, 6.45) is 0.651. The highest BCUT2D eigenvalue weighted by Gasteiger charge is 2.24. The van der Waals surface area contributed by atoms with Crippen LogP contribution < -0.4 is 0 Å². The van der Waals surface area contributed by atoms with Crippen LogP contribution in [0.1, 0.15) is 30.0 Å².